The Labute approximate surface area is 98.2 Å². The van der Waals surface area contributed by atoms with Crippen molar-refractivity contribution in [1.29, 1.82) is 0 Å². The molecule has 0 aromatic heterocycles. The number of rotatable bonds is 5. The van der Waals surface area contributed by atoms with Gasteiger partial charge in [0.05, 0.1) is 13.0 Å². The molecule has 1 N–H and O–H groups in total. The number of ether oxygens (including phenoxy) is 1. The van der Waals surface area contributed by atoms with Crippen LogP contribution in [0.25, 0.3) is 0 Å². The second-order valence-electron chi connectivity index (χ2n) is 4.66. The lowest BCUT2D eigenvalue weighted by molar-refractivity contribution is -0.145. The number of carbonyl (C=O) groups excluding carboxylic acids is 1. The SMILES string of the molecule is COC(=O)C(C)C(C)NCC1CC=CCC1. The normalized spacial score (nSPS) is 23.8. The fraction of sp³-hybridized carbons (Fsp3) is 0.769. The van der Waals surface area contributed by atoms with Crippen LogP contribution in [0.2, 0.25) is 0 Å². The van der Waals surface area contributed by atoms with E-state index < -0.39 is 0 Å². The van der Waals surface area contributed by atoms with Crippen molar-refractivity contribution in [3.63, 3.8) is 0 Å². The van der Waals surface area contributed by atoms with Gasteiger partial charge >= 0.3 is 5.97 Å². The van der Waals surface area contributed by atoms with Gasteiger partial charge in [0.1, 0.15) is 0 Å². The van der Waals surface area contributed by atoms with Gasteiger partial charge in [-0.3, -0.25) is 4.79 Å². The lowest BCUT2D eigenvalue weighted by atomic mass is 9.93. The minimum Gasteiger partial charge on any atom is -0.469 e. The van der Waals surface area contributed by atoms with E-state index in [-0.39, 0.29) is 17.9 Å². The average molecular weight is 225 g/mol. The van der Waals surface area contributed by atoms with Gasteiger partial charge in [-0.15, -0.1) is 0 Å². The molecule has 0 spiro atoms. The predicted molar refractivity (Wildman–Crippen MR) is 65.1 cm³/mol. The van der Waals surface area contributed by atoms with Crippen molar-refractivity contribution < 1.29 is 9.53 Å². The molecule has 0 amide bonds. The predicted octanol–water partition coefficient (Wildman–Crippen LogP) is 2.13. The van der Waals surface area contributed by atoms with Crippen molar-refractivity contribution in [2.75, 3.05) is 13.7 Å². The van der Waals surface area contributed by atoms with Gasteiger partial charge in [0.2, 0.25) is 0 Å². The molecule has 0 aromatic rings. The largest absolute Gasteiger partial charge is 0.469 e. The van der Waals surface area contributed by atoms with Crippen LogP contribution in [0.1, 0.15) is 33.1 Å². The summed E-state index contributed by atoms with van der Waals surface area (Å²) in [6, 6.07) is 0.179. The minimum absolute atomic E-state index is 0.0795. The zero-order valence-corrected chi connectivity index (χ0v) is 10.5. The summed E-state index contributed by atoms with van der Waals surface area (Å²) in [6.45, 7) is 4.94. The van der Waals surface area contributed by atoms with E-state index in [2.05, 4.69) is 17.5 Å². The fourth-order valence-corrected chi connectivity index (χ4v) is 1.96. The zero-order valence-electron chi connectivity index (χ0n) is 10.5. The number of methoxy groups -OCH3 is 1. The van der Waals surface area contributed by atoms with E-state index >= 15 is 0 Å². The van der Waals surface area contributed by atoms with E-state index in [0.29, 0.717) is 0 Å². The quantitative estimate of drug-likeness (QED) is 0.575. The second kappa shape index (κ2) is 6.69. The van der Waals surface area contributed by atoms with Crippen molar-refractivity contribution in [1.82, 2.24) is 5.32 Å². The van der Waals surface area contributed by atoms with Gasteiger partial charge < -0.3 is 10.1 Å². The van der Waals surface area contributed by atoms with Crippen LogP contribution in [0, 0.1) is 11.8 Å². The molecular formula is C13H23NO2. The Hall–Kier alpha value is -0.830. The van der Waals surface area contributed by atoms with E-state index in [4.69, 9.17) is 4.74 Å². The van der Waals surface area contributed by atoms with E-state index in [1.54, 1.807) is 0 Å². The minimum atomic E-state index is -0.136. The Morgan fingerprint density at radius 2 is 2.25 bits per heavy atom. The molecule has 1 aliphatic carbocycles. The average Bonchev–Trinajstić information content (AvgIpc) is 2.35. The van der Waals surface area contributed by atoms with Gasteiger partial charge in [0.15, 0.2) is 0 Å². The molecule has 0 saturated heterocycles. The van der Waals surface area contributed by atoms with Crippen molar-refractivity contribution in [2.45, 2.75) is 39.2 Å². The Kier molecular flexibility index (Phi) is 5.53. The molecule has 3 unspecified atom stereocenters. The van der Waals surface area contributed by atoms with Crippen LogP contribution in [0.5, 0.6) is 0 Å². The van der Waals surface area contributed by atoms with Crippen LogP contribution in [0.15, 0.2) is 12.2 Å². The first-order chi connectivity index (χ1) is 7.65. The lowest BCUT2D eigenvalue weighted by Gasteiger charge is -2.24. The summed E-state index contributed by atoms with van der Waals surface area (Å²) in [7, 11) is 1.44. The smallest absolute Gasteiger partial charge is 0.309 e. The maximum atomic E-state index is 11.3. The molecule has 0 saturated carbocycles. The third kappa shape index (κ3) is 3.97. The standard InChI is InChI=1S/C13H23NO2/c1-10(13(15)16-3)11(2)14-9-12-7-5-4-6-8-12/h4-5,10-12,14H,6-9H2,1-3H3. The maximum Gasteiger partial charge on any atom is 0.309 e. The summed E-state index contributed by atoms with van der Waals surface area (Å²) < 4.78 is 4.73. The maximum absolute atomic E-state index is 11.3. The van der Waals surface area contributed by atoms with Gasteiger partial charge in [-0.25, -0.2) is 0 Å². The summed E-state index contributed by atoms with van der Waals surface area (Å²) in [5.41, 5.74) is 0. The van der Waals surface area contributed by atoms with Crippen LogP contribution in [-0.4, -0.2) is 25.7 Å². The van der Waals surface area contributed by atoms with E-state index in [1.165, 1.54) is 20.0 Å². The number of hydrogen-bond acceptors (Lipinski definition) is 3. The van der Waals surface area contributed by atoms with Gasteiger partial charge in [-0.1, -0.05) is 19.1 Å². The topological polar surface area (TPSA) is 38.3 Å². The number of allylic oxidation sites excluding steroid dienone is 2. The Bertz CT molecular complexity index is 250. The molecule has 1 rings (SSSR count). The van der Waals surface area contributed by atoms with Crippen LogP contribution < -0.4 is 5.32 Å². The number of carbonyl (C=O) groups is 1. The first-order valence-corrected chi connectivity index (χ1v) is 6.11. The summed E-state index contributed by atoms with van der Waals surface area (Å²) in [6.07, 6.45) is 8.10. The number of esters is 1. The molecule has 0 radical (unpaired) electrons. The summed E-state index contributed by atoms with van der Waals surface area (Å²) in [5, 5.41) is 3.43. The first-order valence-electron chi connectivity index (χ1n) is 6.11. The molecule has 0 fully saturated rings. The molecule has 1 aliphatic rings. The fourth-order valence-electron chi connectivity index (χ4n) is 1.96. The Morgan fingerprint density at radius 1 is 1.50 bits per heavy atom. The molecule has 92 valence electrons. The molecule has 3 atom stereocenters. The van der Waals surface area contributed by atoms with Crippen LogP contribution in [-0.2, 0) is 9.53 Å². The van der Waals surface area contributed by atoms with E-state index in [1.807, 2.05) is 13.8 Å². The number of hydrogen-bond donors (Lipinski definition) is 1. The van der Waals surface area contributed by atoms with Crippen molar-refractivity contribution >= 4 is 5.97 Å². The van der Waals surface area contributed by atoms with Gasteiger partial charge in [-0.2, -0.15) is 0 Å². The highest BCUT2D eigenvalue weighted by Crippen LogP contribution is 2.17. The molecule has 0 aliphatic heterocycles. The summed E-state index contributed by atoms with van der Waals surface area (Å²) in [5.74, 6) is 0.505. The first kappa shape index (κ1) is 13.2. The van der Waals surface area contributed by atoms with Gasteiger partial charge in [0.25, 0.3) is 0 Å². The molecule has 0 aromatic carbocycles. The molecule has 3 nitrogen and oxygen atoms in total. The van der Waals surface area contributed by atoms with Crippen LogP contribution in [0.4, 0.5) is 0 Å². The van der Waals surface area contributed by atoms with Crippen LogP contribution in [0.3, 0.4) is 0 Å². The highest BCUT2D eigenvalue weighted by atomic mass is 16.5. The third-order valence-electron chi connectivity index (χ3n) is 3.43. The van der Waals surface area contributed by atoms with Gasteiger partial charge in [-0.05, 0) is 38.6 Å². The third-order valence-corrected chi connectivity index (χ3v) is 3.43. The Morgan fingerprint density at radius 3 is 2.81 bits per heavy atom. The monoisotopic (exact) mass is 225 g/mol. The number of nitrogens with one attached hydrogen (secondary N) is 1. The van der Waals surface area contributed by atoms with E-state index in [9.17, 15) is 4.79 Å². The highest BCUT2D eigenvalue weighted by Gasteiger charge is 2.21. The molecule has 0 bridgehead atoms. The van der Waals surface area contributed by atoms with Gasteiger partial charge in [0, 0.05) is 6.04 Å². The van der Waals surface area contributed by atoms with Crippen LogP contribution >= 0.6 is 0 Å². The molecule has 3 heteroatoms. The van der Waals surface area contributed by atoms with Crippen molar-refractivity contribution in [3.8, 4) is 0 Å². The summed E-state index contributed by atoms with van der Waals surface area (Å²) in [4.78, 5) is 11.3. The van der Waals surface area contributed by atoms with Crippen molar-refractivity contribution in [2.24, 2.45) is 11.8 Å². The lowest BCUT2D eigenvalue weighted by Crippen LogP contribution is -2.39. The van der Waals surface area contributed by atoms with Crippen molar-refractivity contribution in [3.05, 3.63) is 12.2 Å². The summed E-state index contributed by atoms with van der Waals surface area (Å²) >= 11 is 0. The second-order valence-corrected chi connectivity index (χ2v) is 4.66. The van der Waals surface area contributed by atoms with E-state index in [0.717, 1.165) is 18.9 Å². The zero-order chi connectivity index (χ0) is 12.0. The molecule has 0 heterocycles. The molecular weight excluding hydrogens is 202 g/mol. The highest BCUT2D eigenvalue weighted by molar-refractivity contribution is 5.72. The molecule has 16 heavy (non-hydrogen) atoms. The Balaban J connectivity index is 2.25.